The third-order valence-electron chi connectivity index (χ3n) is 0.936. The molecule has 0 radical (unpaired) electrons. The first-order valence-corrected chi connectivity index (χ1v) is 2.80. The molecule has 1 aromatic rings. The minimum Gasteiger partial charge on any atom is -0.399 e. The summed E-state index contributed by atoms with van der Waals surface area (Å²) in [5.74, 6) is 0. The molecule has 0 aliphatic rings. The molecule has 0 spiro atoms. The van der Waals surface area contributed by atoms with Crippen LogP contribution in [0.5, 0.6) is 0 Å². The molecule has 0 fully saturated rings. The van der Waals surface area contributed by atoms with Crippen molar-refractivity contribution in [1.29, 1.82) is 0 Å². The molecule has 0 saturated carbocycles. The maximum Gasteiger partial charge on any atom is 0.0315 e. The van der Waals surface area contributed by atoms with E-state index in [1.807, 2.05) is 0 Å². The van der Waals surface area contributed by atoms with E-state index in [1.54, 1.807) is 24.3 Å². The van der Waals surface area contributed by atoms with Crippen molar-refractivity contribution in [3.05, 3.63) is 40.2 Å². The van der Waals surface area contributed by atoms with E-state index in [-0.39, 0.29) is 0 Å². The van der Waals surface area contributed by atoms with E-state index in [0.29, 0.717) is 0 Å². The van der Waals surface area contributed by atoms with Gasteiger partial charge in [0, 0.05) is 11.4 Å². The van der Waals surface area contributed by atoms with Crippen molar-refractivity contribution in [2.75, 3.05) is 11.5 Å². The summed E-state index contributed by atoms with van der Waals surface area (Å²) in [5, 5.41) is 0. The molecule has 11 heavy (non-hydrogen) atoms. The molecule has 0 unspecified atom stereocenters. The fourth-order valence-corrected chi connectivity index (χ4v) is 0.496. The zero-order chi connectivity index (χ0) is 8.69. The molecule has 0 bridgehead atoms. The lowest BCUT2D eigenvalue weighted by atomic mass is 10.3. The van der Waals surface area contributed by atoms with Crippen molar-refractivity contribution in [3.8, 4) is 0 Å². The largest absolute Gasteiger partial charge is 0.399 e. The quantitative estimate of drug-likeness (QED) is 0.254. The molecule has 0 saturated heterocycles. The molecule has 0 aromatic heterocycles. The van der Waals surface area contributed by atoms with Gasteiger partial charge in [0.25, 0.3) is 0 Å². The van der Waals surface area contributed by atoms with Gasteiger partial charge in [0.05, 0.1) is 0 Å². The second-order valence-electron chi connectivity index (χ2n) is 1.76. The van der Waals surface area contributed by atoms with E-state index in [1.165, 1.54) is 4.91 Å². The van der Waals surface area contributed by atoms with Gasteiger partial charge in [-0.2, -0.15) is 0 Å². The third kappa shape index (κ3) is 4.62. The zero-order valence-corrected chi connectivity index (χ0v) is 5.81. The van der Waals surface area contributed by atoms with E-state index >= 15 is 0 Å². The standard InChI is InChI=1S/C6H8N2.N3/c7-5-1-2-6(8)4-3-5;1-3-2/h1-4H,7-8H2;/q;-1. The summed E-state index contributed by atoms with van der Waals surface area (Å²) in [5.41, 5.74) is 25.7. The van der Waals surface area contributed by atoms with Crippen LogP contribution in [0.4, 0.5) is 11.4 Å². The molecule has 0 aliphatic carbocycles. The highest BCUT2D eigenvalue weighted by atomic mass is 15.0. The minimum atomic E-state index is 0.749. The summed E-state index contributed by atoms with van der Waals surface area (Å²) in [7, 11) is 0. The van der Waals surface area contributed by atoms with Gasteiger partial charge in [-0.1, -0.05) is 0 Å². The van der Waals surface area contributed by atoms with E-state index in [0.717, 1.165) is 11.4 Å². The number of hydrogen-bond acceptors (Lipinski definition) is 2. The summed E-state index contributed by atoms with van der Waals surface area (Å²) in [6, 6.07) is 7.09. The molecule has 0 aliphatic heterocycles. The smallest absolute Gasteiger partial charge is 0.0315 e. The Morgan fingerprint density at radius 3 is 1.27 bits per heavy atom. The van der Waals surface area contributed by atoms with Crippen molar-refractivity contribution in [1.82, 2.24) is 0 Å². The number of hydrogen-bond donors (Lipinski definition) is 2. The van der Waals surface area contributed by atoms with Gasteiger partial charge in [0.15, 0.2) is 0 Å². The highest BCUT2D eigenvalue weighted by molar-refractivity contribution is 5.47. The Bertz CT molecular complexity index is 213. The SMILES string of the molecule is Nc1ccc(N)cc1.[N-]=[N+]=[N-]. The van der Waals surface area contributed by atoms with Crippen LogP contribution in [0.2, 0.25) is 0 Å². The predicted molar refractivity (Wildman–Crippen MR) is 45.3 cm³/mol. The van der Waals surface area contributed by atoms with Gasteiger partial charge < -0.3 is 22.5 Å². The molecule has 5 heteroatoms. The maximum absolute atomic E-state index is 6.75. The first-order valence-electron chi connectivity index (χ1n) is 2.80. The Kier molecular flexibility index (Phi) is 4.12. The van der Waals surface area contributed by atoms with Crippen LogP contribution in [0.1, 0.15) is 0 Å². The number of anilines is 2. The lowest BCUT2D eigenvalue weighted by Gasteiger charge is -1.90. The summed E-state index contributed by atoms with van der Waals surface area (Å²) in [6.45, 7) is 0. The second-order valence-corrected chi connectivity index (χ2v) is 1.76. The number of benzene rings is 1. The fourth-order valence-electron chi connectivity index (χ4n) is 0.496. The normalized spacial score (nSPS) is 7.27. The molecule has 58 valence electrons. The Labute approximate surface area is 64.0 Å². The molecule has 5 nitrogen and oxygen atoms in total. The summed E-state index contributed by atoms with van der Waals surface area (Å²) in [6.07, 6.45) is 0. The molecular formula is C6H8N5-. The van der Waals surface area contributed by atoms with Gasteiger partial charge in [-0.25, -0.2) is 0 Å². The average Bonchev–Trinajstić information content (AvgIpc) is 1.97. The lowest BCUT2D eigenvalue weighted by molar-refractivity contribution is 1.67. The third-order valence-corrected chi connectivity index (χ3v) is 0.936. The Hall–Kier alpha value is -1.87. The van der Waals surface area contributed by atoms with Gasteiger partial charge in [-0.15, -0.1) is 0 Å². The Morgan fingerprint density at radius 1 is 0.909 bits per heavy atom. The maximum atomic E-state index is 6.75. The molecule has 1 aromatic carbocycles. The zero-order valence-electron chi connectivity index (χ0n) is 5.81. The first kappa shape index (κ1) is 9.13. The van der Waals surface area contributed by atoms with Crippen LogP contribution in [0.15, 0.2) is 24.3 Å². The summed E-state index contributed by atoms with van der Waals surface area (Å²) in [4.78, 5) is 1.50. The number of nitrogens with two attached hydrogens (primary N) is 2. The molecule has 0 atom stereocenters. The van der Waals surface area contributed by atoms with E-state index in [2.05, 4.69) is 0 Å². The molecule has 0 heterocycles. The molecular weight excluding hydrogens is 142 g/mol. The number of nitrogens with zero attached hydrogens (tertiary/aromatic N) is 3. The molecule has 0 amide bonds. The van der Waals surface area contributed by atoms with Crippen molar-refractivity contribution in [2.45, 2.75) is 0 Å². The van der Waals surface area contributed by atoms with Crippen LogP contribution < -0.4 is 11.5 Å². The highest BCUT2D eigenvalue weighted by Crippen LogP contribution is 2.04. The van der Waals surface area contributed by atoms with Gasteiger partial charge in [-0.05, 0) is 24.3 Å². The summed E-state index contributed by atoms with van der Waals surface area (Å²) < 4.78 is 0. The van der Waals surface area contributed by atoms with Crippen LogP contribution >= 0.6 is 0 Å². The average molecular weight is 150 g/mol. The van der Waals surface area contributed by atoms with Gasteiger partial charge in [-0.3, -0.25) is 4.91 Å². The lowest BCUT2D eigenvalue weighted by Crippen LogP contribution is -1.86. The number of rotatable bonds is 0. The van der Waals surface area contributed by atoms with Crippen LogP contribution in [0, 0.1) is 0 Å². The Morgan fingerprint density at radius 2 is 1.09 bits per heavy atom. The van der Waals surface area contributed by atoms with E-state index in [4.69, 9.17) is 22.5 Å². The van der Waals surface area contributed by atoms with Crippen molar-refractivity contribution >= 4 is 11.4 Å². The van der Waals surface area contributed by atoms with Gasteiger partial charge >= 0.3 is 0 Å². The van der Waals surface area contributed by atoms with Crippen LogP contribution in [-0.2, 0) is 0 Å². The summed E-state index contributed by atoms with van der Waals surface area (Å²) >= 11 is 0. The van der Waals surface area contributed by atoms with E-state index in [9.17, 15) is 0 Å². The second kappa shape index (κ2) is 4.96. The monoisotopic (exact) mass is 150 g/mol. The minimum absolute atomic E-state index is 0.749. The molecule has 1 rings (SSSR count). The fraction of sp³-hybridized carbons (Fsp3) is 0. The number of nitrogen functional groups attached to an aromatic ring is 2. The van der Waals surface area contributed by atoms with Crippen LogP contribution in [0.3, 0.4) is 0 Å². The first-order chi connectivity index (χ1) is 5.20. The van der Waals surface area contributed by atoms with Gasteiger partial charge in [0.2, 0.25) is 0 Å². The van der Waals surface area contributed by atoms with Crippen LogP contribution in [-0.4, -0.2) is 0 Å². The van der Waals surface area contributed by atoms with Crippen molar-refractivity contribution < 1.29 is 0 Å². The van der Waals surface area contributed by atoms with Crippen molar-refractivity contribution in [3.63, 3.8) is 0 Å². The Balaban J connectivity index is 0.000000292. The predicted octanol–water partition coefficient (Wildman–Crippen LogP) is 1.72. The molecule has 4 N–H and O–H groups in total. The van der Waals surface area contributed by atoms with Crippen LogP contribution in [0.25, 0.3) is 16.0 Å². The van der Waals surface area contributed by atoms with Gasteiger partial charge in [0.1, 0.15) is 0 Å². The highest BCUT2D eigenvalue weighted by Gasteiger charge is 1.80. The van der Waals surface area contributed by atoms with Crippen molar-refractivity contribution in [2.24, 2.45) is 0 Å². The topological polar surface area (TPSA) is 111 Å². The van der Waals surface area contributed by atoms with E-state index < -0.39 is 0 Å².